The Kier molecular flexibility index (Phi) is 5.48. The molecule has 0 bridgehead atoms. The minimum absolute atomic E-state index is 0.340. The van der Waals surface area contributed by atoms with Gasteiger partial charge >= 0.3 is 0 Å². The first-order chi connectivity index (χ1) is 5.70. The van der Waals surface area contributed by atoms with E-state index in [1.807, 2.05) is 0 Å². The van der Waals surface area contributed by atoms with Gasteiger partial charge in [-0.15, -0.1) is 0 Å². The Morgan fingerprint density at radius 2 is 1.77 bits per heavy atom. The maximum absolute atomic E-state index is 6.18. The van der Waals surface area contributed by atoms with Gasteiger partial charge in [0, 0.05) is 10.5 Å². The molecule has 0 aliphatic carbocycles. The van der Waals surface area contributed by atoms with Gasteiger partial charge in [-0.1, -0.05) is 43.4 Å². The molecule has 0 amide bonds. The van der Waals surface area contributed by atoms with E-state index < -0.39 is 8.32 Å². The third-order valence-corrected chi connectivity index (χ3v) is 8.04. The number of halogens is 1. The first kappa shape index (κ1) is 13.9. The van der Waals surface area contributed by atoms with E-state index in [4.69, 9.17) is 4.43 Å². The van der Waals surface area contributed by atoms with E-state index in [0.29, 0.717) is 11.1 Å². The smallest absolute Gasteiger partial charge is 0.192 e. The van der Waals surface area contributed by atoms with E-state index in [1.54, 1.807) is 0 Å². The monoisotopic (exact) mass is 314 g/mol. The van der Waals surface area contributed by atoms with Crippen LogP contribution in [0.2, 0.25) is 18.1 Å². The van der Waals surface area contributed by atoms with Crippen LogP contribution in [0.4, 0.5) is 0 Å². The van der Waals surface area contributed by atoms with Crippen LogP contribution in [-0.4, -0.2) is 18.8 Å². The molecule has 0 aliphatic heterocycles. The third kappa shape index (κ3) is 4.79. The maximum Gasteiger partial charge on any atom is 0.192 e. The fourth-order valence-electron chi connectivity index (χ4n) is 0.892. The Labute approximate surface area is 97.9 Å². The summed E-state index contributed by atoms with van der Waals surface area (Å²) in [6.07, 6.45) is 1.60. The Balaban J connectivity index is 4.17. The van der Waals surface area contributed by atoms with E-state index in [0.717, 1.165) is 0 Å². The fourth-order valence-corrected chi connectivity index (χ4v) is 3.25. The van der Waals surface area contributed by atoms with Crippen LogP contribution < -0.4 is 0 Å². The molecule has 0 unspecified atom stereocenters. The summed E-state index contributed by atoms with van der Waals surface area (Å²) in [7, 11) is -1.51. The molecule has 0 spiro atoms. The zero-order chi connectivity index (χ0) is 10.7. The van der Waals surface area contributed by atoms with Crippen molar-refractivity contribution in [2.75, 3.05) is 4.43 Å². The zero-order valence-corrected chi connectivity index (χ0v) is 12.9. The fraction of sp³-hybridized carbons (Fsp3) is 1.00. The number of alkyl halides is 1. The van der Waals surface area contributed by atoms with Gasteiger partial charge in [-0.25, -0.2) is 0 Å². The van der Waals surface area contributed by atoms with E-state index in [1.165, 1.54) is 10.8 Å². The predicted octanol–water partition coefficient (Wildman–Crippen LogP) is 4.22. The molecule has 0 aromatic carbocycles. The summed E-state index contributed by atoms with van der Waals surface area (Å²) in [6, 6.07) is 0. The number of rotatable bonds is 4. The van der Waals surface area contributed by atoms with Crippen molar-refractivity contribution in [1.29, 1.82) is 0 Å². The van der Waals surface area contributed by atoms with Gasteiger partial charge in [-0.3, -0.25) is 0 Å². The molecule has 80 valence electrons. The average Bonchev–Trinajstić information content (AvgIpc) is 1.83. The van der Waals surface area contributed by atoms with Gasteiger partial charge in [0.15, 0.2) is 8.32 Å². The largest absolute Gasteiger partial charge is 0.414 e. The third-order valence-electron chi connectivity index (χ3n) is 2.82. The predicted molar refractivity (Wildman–Crippen MR) is 71.2 cm³/mol. The van der Waals surface area contributed by atoms with Crippen LogP contribution in [0.5, 0.6) is 0 Å². The van der Waals surface area contributed by atoms with Crippen molar-refractivity contribution in [2.24, 2.45) is 0 Å². The summed E-state index contributed by atoms with van der Waals surface area (Å²) < 4.78 is 7.36. The molecule has 1 nitrogen and oxygen atoms in total. The molecule has 0 heterocycles. The highest BCUT2D eigenvalue weighted by Crippen LogP contribution is 2.37. The second kappa shape index (κ2) is 5.12. The maximum atomic E-state index is 6.18. The van der Waals surface area contributed by atoms with E-state index in [9.17, 15) is 0 Å². The Hall–Kier alpha value is 0.907. The first-order valence-corrected chi connectivity index (χ1v) is 9.38. The van der Waals surface area contributed by atoms with Crippen molar-refractivity contribution >= 4 is 30.9 Å². The molecule has 0 rings (SSSR count). The average molecular weight is 314 g/mol. The molecule has 0 saturated heterocycles. The molecule has 0 N–H and O–H groups in total. The Bertz CT molecular complexity index is 151. The van der Waals surface area contributed by atoms with Crippen LogP contribution in [-0.2, 0) is 4.43 Å². The highest BCUT2D eigenvalue weighted by Gasteiger charge is 2.38. The number of hydrogen-bond acceptors (Lipinski definition) is 1. The van der Waals surface area contributed by atoms with E-state index in [2.05, 4.69) is 63.4 Å². The molecule has 1 atom stereocenters. The topological polar surface area (TPSA) is 9.23 Å². The summed E-state index contributed by atoms with van der Waals surface area (Å²) in [5, 5.41) is 0.340. The minimum Gasteiger partial charge on any atom is -0.414 e. The van der Waals surface area contributed by atoms with Crippen LogP contribution in [0, 0.1) is 0 Å². The van der Waals surface area contributed by atoms with Crippen molar-refractivity contribution in [3.05, 3.63) is 0 Å². The van der Waals surface area contributed by atoms with Crippen molar-refractivity contribution in [2.45, 2.75) is 58.4 Å². The zero-order valence-electron chi connectivity index (χ0n) is 9.78. The second-order valence-corrected chi connectivity index (χ2v) is 11.0. The van der Waals surface area contributed by atoms with Crippen LogP contribution in [0.15, 0.2) is 0 Å². The lowest BCUT2D eigenvalue weighted by Gasteiger charge is -2.38. The first-order valence-electron chi connectivity index (χ1n) is 4.94. The molecule has 13 heavy (non-hydrogen) atoms. The van der Waals surface area contributed by atoms with Crippen LogP contribution >= 0.6 is 22.6 Å². The Morgan fingerprint density at radius 3 is 2.08 bits per heavy atom. The minimum atomic E-state index is -1.51. The standard InChI is InChI=1S/C10H23IOSi/c1-9(7-8-11)12-13(5,6)10(2,3)4/h9H,7-8H2,1-6H3/t9-/m1/s1. The number of hydrogen-bond donors (Lipinski definition) is 0. The lowest BCUT2D eigenvalue weighted by atomic mass is 10.2. The molecule has 0 aliphatic rings. The molecule has 0 aromatic heterocycles. The summed E-state index contributed by atoms with van der Waals surface area (Å²) in [5.74, 6) is 0. The van der Waals surface area contributed by atoms with Gasteiger partial charge in [-0.2, -0.15) is 0 Å². The molecule has 0 aromatic rings. The van der Waals surface area contributed by atoms with Gasteiger partial charge in [0.1, 0.15) is 0 Å². The van der Waals surface area contributed by atoms with Crippen molar-refractivity contribution in [3.8, 4) is 0 Å². The van der Waals surface area contributed by atoms with Gasteiger partial charge in [0.05, 0.1) is 0 Å². The highest BCUT2D eigenvalue weighted by atomic mass is 127. The molecule has 0 saturated carbocycles. The summed E-state index contributed by atoms with van der Waals surface area (Å²) in [6.45, 7) is 13.7. The molecule has 3 heteroatoms. The lowest BCUT2D eigenvalue weighted by Crippen LogP contribution is -2.43. The van der Waals surface area contributed by atoms with Crippen molar-refractivity contribution < 1.29 is 4.43 Å². The van der Waals surface area contributed by atoms with E-state index in [-0.39, 0.29) is 0 Å². The summed E-state index contributed by atoms with van der Waals surface area (Å²) >= 11 is 2.41. The lowest BCUT2D eigenvalue weighted by molar-refractivity contribution is 0.197. The van der Waals surface area contributed by atoms with Crippen LogP contribution in [0.3, 0.4) is 0 Å². The highest BCUT2D eigenvalue weighted by molar-refractivity contribution is 14.1. The normalized spacial score (nSPS) is 15.9. The van der Waals surface area contributed by atoms with Gasteiger partial charge < -0.3 is 4.43 Å². The van der Waals surface area contributed by atoms with E-state index >= 15 is 0 Å². The Morgan fingerprint density at radius 1 is 1.31 bits per heavy atom. The quantitative estimate of drug-likeness (QED) is 0.429. The molecular weight excluding hydrogens is 291 g/mol. The van der Waals surface area contributed by atoms with Gasteiger partial charge in [0.25, 0.3) is 0 Å². The van der Waals surface area contributed by atoms with Crippen molar-refractivity contribution in [1.82, 2.24) is 0 Å². The molecule has 0 fully saturated rings. The molecule has 0 radical (unpaired) electrons. The van der Waals surface area contributed by atoms with Gasteiger partial charge in [-0.05, 0) is 31.5 Å². The van der Waals surface area contributed by atoms with Crippen LogP contribution in [0.25, 0.3) is 0 Å². The SMILES string of the molecule is C[C@H](CCI)O[Si](C)(C)C(C)(C)C. The second-order valence-electron chi connectivity index (χ2n) is 5.17. The summed E-state index contributed by atoms with van der Waals surface area (Å²) in [5.41, 5.74) is 0. The summed E-state index contributed by atoms with van der Waals surface area (Å²) in [4.78, 5) is 0. The van der Waals surface area contributed by atoms with Crippen LogP contribution in [0.1, 0.15) is 34.1 Å². The van der Waals surface area contributed by atoms with Gasteiger partial charge in [0.2, 0.25) is 0 Å². The van der Waals surface area contributed by atoms with Crippen molar-refractivity contribution in [3.63, 3.8) is 0 Å². The molecular formula is C10H23IOSi.